The Hall–Kier alpha value is -3.75. The van der Waals surface area contributed by atoms with E-state index in [1.165, 1.54) is 5.56 Å². The maximum absolute atomic E-state index is 12.8. The number of amides is 2. The molecule has 1 aliphatic heterocycles. The molecule has 2 aromatic carbocycles. The van der Waals surface area contributed by atoms with E-state index in [0.29, 0.717) is 24.3 Å². The molecule has 2 heterocycles. The zero-order valence-electron chi connectivity index (χ0n) is 21.5. The summed E-state index contributed by atoms with van der Waals surface area (Å²) in [4.78, 5) is 34.7. The minimum atomic E-state index is -1.08. The number of aromatic nitrogens is 1. The molecule has 8 nitrogen and oxygen atoms in total. The molecule has 0 bridgehead atoms. The molecule has 1 aliphatic rings. The van der Waals surface area contributed by atoms with Crippen molar-refractivity contribution in [3.63, 3.8) is 0 Å². The molecule has 4 rings (SSSR count). The number of benzene rings is 2. The molecule has 3 aromatic rings. The Morgan fingerprint density at radius 3 is 2.00 bits per heavy atom. The van der Waals surface area contributed by atoms with E-state index in [1.54, 1.807) is 12.1 Å². The molecule has 1 fully saturated rings. The van der Waals surface area contributed by atoms with Crippen LogP contribution in [0.4, 0.5) is 10.5 Å². The Morgan fingerprint density at radius 2 is 1.46 bits per heavy atom. The standard InChI is InChI=1S/C29H35N5O3/c1-3-33(4-2)28(35)25-7-5-23(6-8-25)27(24-9-11-26(12-10-24)31-29(36)37)34-19-17-32(18-20-34)21-22-13-15-30-16-14-22/h5-16,27,31H,3-4,17-21H2,1-2H3,(H,36,37). The van der Waals surface area contributed by atoms with E-state index in [-0.39, 0.29) is 11.9 Å². The van der Waals surface area contributed by atoms with Crippen molar-refractivity contribution in [1.29, 1.82) is 0 Å². The molecule has 0 saturated carbocycles. The number of rotatable bonds is 9. The first-order chi connectivity index (χ1) is 18.0. The molecule has 1 atom stereocenters. The van der Waals surface area contributed by atoms with Crippen LogP contribution in [-0.4, -0.2) is 76.1 Å². The second kappa shape index (κ2) is 12.5. The van der Waals surface area contributed by atoms with E-state index in [9.17, 15) is 9.59 Å². The summed E-state index contributed by atoms with van der Waals surface area (Å²) >= 11 is 0. The second-order valence-corrected chi connectivity index (χ2v) is 9.22. The molecule has 2 N–H and O–H groups in total. The third-order valence-electron chi connectivity index (χ3n) is 6.93. The molecule has 1 unspecified atom stereocenters. The van der Waals surface area contributed by atoms with Crippen molar-refractivity contribution >= 4 is 17.7 Å². The molecular weight excluding hydrogens is 466 g/mol. The highest BCUT2D eigenvalue weighted by Gasteiger charge is 2.27. The van der Waals surface area contributed by atoms with Crippen LogP contribution in [0.2, 0.25) is 0 Å². The van der Waals surface area contributed by atoms with E-state index >= 15 is 0 Å². The summed E-state index contributed by atoms with van der Waals surface area (Å²) in [6.45, 7) is 9.91. The maximum atomic E-state index is 12.8. The number of pyridine rings is 1. The summed E-state index contributed by atoms with van der Waals surface area (Å²) in [6.07, 6.45) is 2.58. The normalized spacial score (nSPS) is 15.2. The van der Waals surface area contributed by atoms with Crippen LogP contribution < -0.4 is 5.32 Å². The number of piperazine rings is 1. The number of nitrogens with one attached hydrogen (secondary N) is 1. The number of carbonyl (C=O) groups is 2. The minimum absolute atomic E-state index is 0.000409. The molecule has 1 saturated heterocycles. The number of hydrogen-bond acceptors (Lipinski definition) is 5. The summed E-state index contributed by atoms with van der Waals surface area (Å²) < 4.78 is 0. The van der Waals surface area contributed by atoms with Crippen LogP contribution in [-0.2, 0) is 6.54 Å². The first-order valence-corrected chi connectivity index (χ1v) is 12.8. The summed E-state index contributed by atoms with van der Waals surface area (Å²) in [6, 6.07) is 19.6. The van der Waals surface area contributed by atoms with Gasteiger partial charge in [0.2, 0.25) is 0 Å². The fourth-order valence-electron chi connectivity index (χ4n) is 4.91. The van der Waals surface area contributed by atoms with E-state index in [4.69, 9.17) is 5.11 Å². The molecule has 194 valence electrons. The quantitative estimate of drug-likeness (QED) is 0.447. The van der Waals surface area contributed by atoms with Crippen molar-refractivity contribution in [2.75, 3.05) is 44.6 Å². The van der Waals surface area contributed by atoms with Crippen molar-refractivity contribution in [3.05, 3.63) is 95.3 Å². The Kier molecular flexibility index (Phi) is 8.87. The van der Waals surface area contributed by atoms with Gasteiger partial charge in [0, 0.05) is 69.5 Å². The van der Waals surface area contributed by atoms with Crippen molar-refractivity contribution in [2.45, 2.75) is 26.4 Å². The highest BCUT2D eigenvalue weighted by molar-refractivity contribution is 5.94. The Morgan fingerprint density at radius 1 is 0.892 bits per heavy atom. The smallest absolute Gasteiger partial charge is 0.409 e. The minimum Gasteiger partial charge on any atom is -0.465 e. The van der Waals surface area contributed by atoms with Gasteiger partial charge in [-0.3, -0.25) is 24.9 Å². The van der Waals surface area contributed by atoms with Gasteiger partial charge in [-0.1, -0.05) is 24.3 Å². The molecular formula is C29H35N5O3. The zero-order valence-corrected chi connectivity index (χ0v) is 21.5. The predicted molar refractivity (Wildman–Crippen MR) is 145 cm³/mol. The molecule has 2 amide bonds. The fourth-order valence-corrected chi connectivity index (χ4v) is 4.91. The summed E-state index contributed by atoms with van der Waals surface area (Å²) in [7, 11) is 0. The molecule has 0 spiro atoms. The lowest BCUT2D eigenvalue weighted by atomic mass is 9.95. The summed E-state index contributed by atoms with van der Waals surface area (Å²) in [5.41, 5.74) is 4.68. The third kappa shape index (κ3) is 6.72. The van der Waals surface area contributed by atoms with Crippen LogP contribution in [0, 0.1) is 0 Å². The topological polar surface area (TPSA) is 89.0 Å². The molecule has 0 radical (unpaired) electrons. The second-order valence-electron chi connectivity index (χ2n) is 9.22. The van der Waals surface area contributed by atoms with Crippen LogP contribution in [0.15, 0.2) is 73.1 Å². The lowest BCUT2D eigenvalue weighted by Gasteiger charge is -2.40. The van der Waals surface area contributed by atoms with Gasteiger partial charge in [-0.2, -0.15) is 0 Å². The number of carboxylic acid groups (broad SMARTS) is 1. The first kappa shape index (κ1) is 26.3. The summed E-state index contributed by atoms with van der Waals surface area (Å²) in [5, 5.41) is 11.5. The van der Waals surface area contributed by atoms with Gasteiger partial charge in [0.25, 0.3) is 5.91 Å². The molecule has 8 heteroatoms. The number of anilines is 1. The van der Waals surface area contributed by atoms with E-state index < -0.39 is 6.09 Å². The van der Waals surface area contributed by atoms with Gasteiger partial charge < -0.3 is 10.0 Å². The number of hydrogen-bond donors (Lipinski definition) is 2. The van der Waals surface area contributed by atoms with E-state index in [0.717, 1.165) is 43.9 Å². The Bertz CT molecular complexity index is 1160. The maximum Gasteiger partial charge on any atom is 0.409 e. The lowest BCUT2D eigenvalue weighted by molar-refractivity contribution is 0.0772. The highest BCUT2D eigenvalue weighted by Crippen LogP contribution is 2.31. The van der Waals surface area contributed by atoms with Crippen LogP contribution in [0.1, 0.15) is 46.9 Å². The summed E-state index contributed by atoms with van der Waals surface area (Å²) in [5.74, 6) is 0.0434. The fraction of sp³-hybridized carbons (Fsp3) is 0.345. The van der Waals surface area contributed by atoms with Gasteiger partial charge in [-0.15, -0.1) is 0 Å². The SMILES string of the molecule is CCN(CC)C(=O)c1ccc(C(c2ccc(NC(=O)O)cc2)N2CCN(Cc3ccncc3)CC2)cc1. The Balaban J connectivity index is 1.55. The average Bonchev–Trinajstić information content (AvgIpc) is 2.92. The van der Waals surface area contributed by atoms with Gasteiger partial charge in [-0.25, -0.2) is 4.79 Å². The number of nitrogens with zero attached hydrogens (tertiary/aromatic N) is 4. The van der Waals surface area contributed by atoms with Crippen molar-refractivity contribution in [3.8, 4) is 0 Å². The van der Waals surface area contributed by atoms with Crippen molar-refractivity contribution < 1.29 is 14.7 Å². The van der Waals surface area contributed by atoms with Crippen molar-refractivity contribution in [2.24, 2.45) is 0 Å². The monoisotopic (exact) mass is 501 g/mol. The molecule has 37 heavy (non-hydrogen) atoms. The van der Waals surface area contributed by atoms with E-state index in [1.807, 2.05) is 67.5 Å². The van der Waals surface area contributed by atoms with Crippen LogP contribution in [0.25, 0.3) is 0 Å². The van der Waals surface area contributed by atoms with Crippen LogP contribution >= 0.6 is 0 Å². The highest BCUT2D eigenvalue weighted by atomic mass is 16.4. The first-order valence-electron chi connectivity index (χ1n) is 12.8. The molecule has 0 aliphatic carbocycles. The van der Waals surface area contributed by atoms with Gasteiger partial charge in [0.15, 0.2) is 0 Å². The molecule has 1 aromatic heterocycles. The van der Waals surface area contributed by atoms with Crippen LogP contribution in [0.3, 0.4) is 0 Å². The number of carbonyl (C=O) groups excluding carboxylic acids is 1. The van der Waals surface area contributed by atoms with Gasteiger partial charge in [-0.05, 0) is 66.9 Å². The van der Waals surface area contributed by atoms with E-state index in [2.05, 4.69) is 32.2 Å². The average molecular weight is 502 g/mol. The van der Waals surface area contributed by atoms with Gasteiger partial charge >= 0.3 is 6.09 Å². The van der Waals surface area contributed by atoms with Gasteiger partial charge in [0.1, 0.15) is 0 Å². The van der Waals surface area contributed by atoms with Gasteiger partial charge in [0.05, 0.1) is 6.04 Å². The predicted octanol–water partition coefficient (Wildman–Crippen LogP) is 4.56. The van der Waals surface area contributed by atoms with Crippen molar-refractivity contribution in [1.82, 2.24) is 19.7 Å². The largest absolute Gasteiger partial charge is 0.465 e. The lowest BCUT2D eigenvalue weighted by Crippen LogP contribution is -2.47. The zero-order chi connectivity index (χ0) is 26.2. The Labute approximate surface area is 218 Å². The van der Waals surface area contributed by atoms with Crippen LogP contribution in [0.5, 0.6) is 0 Å². The third-order valence-corrected chi connectivity index (χ3v) is 6.93.